The van der Waals surface area contributed by atoms with Gasteiger partial charge in [-0.05, 0) is 120 Å². The Morgan fingerprint density at radius 3 is 1.46 bits per heavy atom. The number of benzene rings is 8. The predicted molar refractivity (Wildman–Crippen MR) is 277 cm³/mol. The fourth-order valence-electron chi connectivity index (χ4n) is 12.6. The molecular formula is C62H51N5. The molecule has 0 saturated heterocycles. The summed E-state index contributed by atoms with van der Waals surface area (Å²) in [5, 5.41) is 4.78. The summed E-state index contributed by atoms with van der Waals surface area (Å²) in [7, 11) is 0. The minimum atomic E-state index is -0.142. The first-order chi connectivity index (χ1) is 33.0. The minimum absolute atomic E-state index is 0.142. The van der Waals surface area contributed by atoms with E-state index in [0.29, 0.717) is 29.5 Å². The lowest BCUT2D eigenvalue weighted by molar-refractivity contribution is 0.0719. The molecule has 0 radical (unpaired) electrons. The molecule has 13 rings (SSSR count). The summed E-state index contributed by atoms with van der Waals surface area (Å²) >= 11 is 0. The topological polar surface area (TPSA) is 48.5 Å². The summed E-state index contributed by atoms with van der Waals surface area (Å²) in [6.45, 7) is 4.89. The monoisotopic (exact) mass is 865 g/mol. The molecule has 1 unspecified atom stereocenters. The lowest BCUT2D eigenvalue weighted by Gasteiger charge is -2.49. The first-order valence-corrected chi connectivity index (χ1v) is 24.1. The van der Waals surface area contributed by atoms with E-state index in [1.807, 2.05) is 0 Å². The summed E-state index contributed by atoms with van der Waals surface area (Å²) in [4.78, 5) is 17.2. The molecule has 5 nitrogen and oxygen atoms in total. The molecule has 4 atom stereocenters. The number of aromatic nitrogens is 5. The highest BCUT2D eigenvalue weighted by Gasteiger charge is 2.48. The molecule has 2 aliphatic carbocycles. The van der Waals surface area contributed by atoms with Gasteiger partial charge in [0.05, 0.1) is 27.8 Å². The Morgan fingerprint density at radius 1 is 0.403 bits per heavy atom. The fourth-order valence-corrected chi connectivity index (χ4v) is 12.6. The van der Waals surface area contributed by atoms with E-state index in [4.69, 9.17) is 15.0 Å². The summed E-state index contributed by atoms with van der Waals surface area (Å²) in [6.07, 6.45) is 5.84. The van der Waals surface area contributed by atoms with Crippen LogP contribution < -0.4 is 0 Å². The minimum Gasteiger partial charge on any atom is -0.308 e. The Bertz CT molecular complexity index is 3490. The molecule has 67 heavy (non-hydrogen) atoms. The molecule has 11 aromatic rings. The second-order valence-corrected chi connectivity index (χ2v) is 19.7. The van der Waals surface area contributed by atoms with Gasteiger partial charge in [-0.1, -0.05) is 166 Å². The fraction of sp³-hybridized carbons (Fsp3) is 0.177. The Morgan fingerprint density at radius 2 is 0.896 bits per heavy atom. The van der Waals surface area contributed by atoms with Crippen LogP contribution in [0.5, 0.6) is 0 Å². The Balaban J connectivity index is 1.13. The van der Waals surface area contributed by atoms with Crippen molar-refractivity contribution in [3.63, 3.8) is 0 Å². The molecular weight excluding hydrogens is 815 g/mol. The van der Waals surface area contributed by atoms with Gasteiger partial charge in [0, 0.05) is 38.1 Å². The molecule has 2 fully saturated rings. The van der Waals surface area contributed by atoms with Gasteiger partial charge in [0.2, 0.25) is 5.95 Å². The van der Waals surface area contributed by atoms with E-state index in [2.05, 4.69) is 217 Å². The molecule has 5 heteroatoms. The molecule has 2 bridgehead atoms. The van der Waals surface area contributed by atoms with Gasteiger partial charge < -0.3 is 4.57 Å². The van der Waals surface area contributed by atoms with Gasteiger partial charge in [-0.25, -0.2) is 4.98 Å². The summed E-state index contributed by atoms with van der Waals surface area (Å²) in [5.41, 5.74) is 13.4. The molecule has 0 aliphatic heterocycles. The maximum absolute atomic E-state index is 5.80. The van der Waals surface area contributed by atoms with E-state index < -0.39 is 0 Å². The molecule has 324 valence electrons. The van der Waals surface area contributed by atoms with Crippen LogP contribution in [0.2, 0.25) is 0 Å². The van der Waals surface area contributed by atoms with Gasteiger partial charge in [-0.2, -0.15) is 9.97 Å². The Hall–Kier alpha value is -7.63. The highest BCUT2D eigenvalue weighted by atomic mass is 15.2. The van der Waals surface area contributed by atoms with E-state index in [-0.39, 0.29) is 5.41 Å². The van der Waals surface area contributed by atoms with Crippen molar-refractivity contribution in [2.45, 2.75) is 51.4 Å². The first-order valence-electron chi connectivity index (χ1n) is 24.1. The maximum atomic E-state index is 5.80. The summed E-state index contributed by atoms with van der Waals surface area (Å²) in [5.74, 6) is 4.18. The van der Waals surface area contributed by atoms with Crippen LogP contribution >= 0.6 is 0 Å². The second-order valence-electron chi connectivity index (χ2n) is 19.7. The van der Waals surface area contributed by atoms with Crippen LogP contribution in [-0.2, 0) is 5.41 Å². The van der Waals surface area contributed by atoms with Crippen LogP contribution in [0.15, 0.2) is 194 Å². The largest absolute Gasteiger partial charge is 0.308 e. The van der Waals surface area contributed by atoms with Crippen molar-refractivity contribution in [2.75, 3.05) is 0 Å². The van der Waals surface area contributed by atoms with E-state index in [0.717, 1.165) is 69.5 Å². The number of rotatable bonds is 7. The van der Waals surface area contributed by atoms with Gasteiger partial charge in [-0.15, -0.1) is 0 Å². The Kier molecular flexibility index (Phi) is 9.35. The van der Waals surface area contributed by atoms with Crippen LogP contribution in [-0.4, -0.2) is 24.1 Å². The lowest BCUT2D eigenvalue weighted by Crippen LogP contribution is -2.43. The van der Waals surface area contributed by atoms with Crippen molar-refractivity contribution in [2.24, 2.45) is 17.8 Å². The van der Waals surface area contributed by atoms with E-state index in [1.165, 1.54) is 56.6 Å². The highest BCUT2D eigenvalue weighted by Crippen LogP contribution is 2.54. The lowest BCUT2D eigenvalue weighted by atomic mass is 9.56. The van der Waals surface area contributed by atoms with Gasteiger partial charge in [0.25, 0.3) is 0 Å². The van der Waals surface area contributed by atoms with Gasteiger partial charge in [0.1, 0.15) is 5.82 Å². The smallest absolute Gasteiger partial charge is 0.238 e. The second kappa shape index (κ2) is 15.8. The van der Waals surface area contributed by atoms with Gasteiger partial charge in [-0.3, -0.25) is 4.57 Å². The normalized spacial score (nSPS) is 19.4. The number of hydrogen-bond donors (Lipinski definition) is 0. The molecule has 3 heterocycles. The zero-order chi connectivity index (χ0) is 44.6. The van der Waals surface area contributed by atoms with E-state index in [9.17, 15) is 0 Å². The van der Waals surface area contributed by atoms with Crippen LogP contribution in [0.3, 0.4) is 0 Å². The zero-order valence-corrected chi connectivity index (χ0v) is 38.0. The van der Waals surface area contributed by atoms with Crippen LogP contribution in [0.25, 0.3) is 100 Å². The van der Waals surface area contributed by atoms with E-state index in [1.54, 1.807) is 0 Å². The van der Waals surface area contributed by atoms with Crippen molar-refractivity contribution in [1.82, 2.24) is 24.1 Å². The van der Waals surface area contributed by atoms with Crippen LogP contribution in [0, 0.1) is 17.8 Å². The van der Waals surface area contributed by atoms with Crippen molar-refractivity contribution in [1.29, 1.82) is 0 Å². The van der Waals surface area contributed by atoms with Crippen LogP contribution in [0.4, 0.5) is 0 Å². The Labute approximate surface area is 391 Å². The number of fused-ring (bicyclic) bond motifs is 8. The van der Waals surface area contributed by atoms with Crippen molar-refractivity contribution >= 4 is 43.6 Å². The molecule has 8 aromatic carbocycles. The SMILES string of the molecule is C[C@@H]1C[C@@H]2C[C@H](C)CC(c3nc(-c4cccc(-c5ccccc5)c4-n4c5ccc(-c6ccccc6)cc5c5cc(-c6ccccc6)ccc54)nc(-n4c5ccccc5c5ccccc54)n3)(C1)C2. The van der Waals surface area contributed by atoms with Gasteiger partial charge >= 0.3 is 0 Å². The summed E-state index contributed by atoms with van der Waals surface area (Å²) < 4.78 is 4.79. The maximum Gasteiger partial charge on any atom is 0.238 e. The third-order valence-corrected chi connectivity index (χ3v) is 15.1. The molecule has 2 aliphatic rings. The van der Waals surface area contributed by atoms with Crippen molar-refractivity contribution in [3.05, 3.63) is 200 Å². The number of hydrogen-bond acceptors (Lipinski definition) is 3. The molecule has 3 aromatic heterocycles. The first kappa shape index (κ1) is 39.7. The highest BCUT2D eigenvalue weighted by molar-refractivity contribution is 6.13. The van der Waals surface area contributed by atoms with Gasteiger partial charge in [0.15, 0.2) is 5.82 Å². The number of nitrogens with zero attached hydrogens (tertiary/aromatic N) is 5. The third kappa shape index (κ3) is 6.62. The predicted octanol–water partition coefficient (Wildman–Crippen LogP) is 15.8. The molecule has 0 N–H and O–H groups in total. The van der Waals surface area contributed by atoms with E-state index >= 15 is 0 Å². The third-order valence-electron chi connectivity index (χ3n) is 15.1. The zero-order valence-electron chi connectivity index (χ0n) is 38.0. The average molecular weight is 866 g/mol. The average Bonchev–Trinajstić information content (AvgIpc) is 3.88. The van der Waals surface area contributed by atoms with Crippen LogP contribution in [0.1, 0.15) is 51.8 Å². The summed E-state index contributed by atoms with van der Waals surface area (Å²) in [6, 6.07) is 70.4. The molecule has 2 saturated carbocycles. The van der Waals surface area contributed by atoms with Crippen molar-refractivity contribution in [3.8, 4) is 56.4 Å². The standard InChI is InChI=1S/C62H51N5/c1-40-33-42-34-41(2)38-62(37-40,39-42)60-63-59(64-61(65-60)67-54-27-14-12-23-49(54)50-24-13-15-28-55(50)67)51-26-16-25-48(45-21-10-5-11-22-45)58(51)66-56-31-29-46(43-17-6-3-7-18-43)35-52(56)53-36-47(30-32-57(53)66)44-19-8-4-9-20-44/h3-32,35-36,40-42H,33-34,37-39H2,1-2H3/t40-,41+,42-,62?. The molecule has 0 spiro atoms. The number of para-hydroxylation sites is 3. The van der Waals surface area contributed by atoms with Crippen molar-refractivity contribution < 1.29 is 0 Å². The molecule has 0 amide bonds. The quantitative estimate of drug-likeness (QED) is 0.160.